The molecule has 0 fully saturated rings. The van der Waals surface area contributed by atoms with Crippen molar-refractivity contribution in [3.8, 4) is 34.8 Å². The molecule has 2 aliphatic heterocycles. The second kappa shape index (κ2) is 9.02. The predicted molar refractivity (Wildman–Crippen MR) is 134 cm³/mol. The average Bonchev–Trinajstić information content (AvgIpc) is 3.62. The van der Waals surface area contributed by atoms with Crippen molar-refractivity contribution in [1.82, 2.24) is 19.5 Å². The highest BCUT2D eigenvalue weighted by Crippen LogP contribution is 2.47. The third-order valence-corrected chi connectivity index (χ3v) is 6.57. The van der Waals surface area contributed by atoms with E-state index >= 15 is 0 Å². The highest BCUT2D eigenvalue weighted by molar-refractivity contribution is 6.10. The van der Waals surface area contributed by atoms with E-state index in [0.717, 1.165) is 5.56 Å². The molecule has 1 atom stereocenters. The summed E-state index contributed by atoms with van der Waals surface area (Å²) >= 11 is 0. The number of imidazole rings is 1. The van der Waals surface area contributed by atoms with Crippen molar-refractivity contribution in [2.75, 3.05) is 25.9 Å². The van der Waals surface area contributed by atoms with Crippen LogP contribution in [-0.2, 0) is 0 Å². The Morgan fingerprint density at radius 2 is 1.79 bits per heavy atom. The summed E-state index contributed by atoms with van der Waals surface area (Å²) in [5.41, 5.74) is 2.79. The number of carbonyl (C=O) groups excluding carboxylic acids is 1. The number of carbonyl (C=O) groups is 1. The maximum absolute atomic E-state index is 14.0. The van der Waals surface area contributed by atoms with E-state index in [1.165, 1.54) is 26.4 Å². The molecule has 0 N–H and O–H groups in total. The first-order valence-corrected chi connectivity index (χ1v) is 12.0. The van der Waals surface area contributed by atoms with Crippen LogP contribution in [0.3, 0.4) is 0 Å². The molecular weight excluding hydrogens is 493 g/mol. The number of hydrogen-bond acceptors (Lipinski definition) is 8. The second-order valence-electron chi connectivity index (χ2n) is 9.08. The zero-order chi connectivity index (χ0) is 26.6. The zero-order valence-electron chi connectivity index (χ0n) is 21.1. The lowest BCUT2D eigenvalue weighted by molar-refractivity contribution is 0.0989. The fraction of sp³-hybridized carbons (Fsp3) is 0.259. The molecule has 4 aromatic rings. The molecule has 0 radical (unpaired) electrons. The Bertz CT molecular complexity index is 1550. The second-order valence-corrected chi connectivity index (χ2v) is 9.08. The van der Waals surface area contributed by atoms with Gasteiger partial charge in [0.15, 0.2) is 17.2 Å². The van der Waals surface area contributed by atoms with E-state index in [1.54, 1.807) is 41.4 Å². The topological polar surface area (TPSA) is 101 Å². The molecule has 2 aliphatic rings. The van der Waals surface area contributed by atoms with Gasteiger partial charge in [-0.2, -0.15) is 4.98 Å². The maximum atomic E-state index is 14.0. The monoisotopic (exact) mass is 517 g/mol. The molecule has 6 rings (SSSR count). The van der Waals surface area contributed by atoms with Gasteiger partial charge in [-0.3, -0.25) is 9.69 Å². The number of rotatable bonds is 6. The van der Waals surface area contributed by atoms with Gasteiger partial charge in [-0.15, -0.1) is 0 Å². The van der Waals surface area contributed by atoms with E-state index in [2.05, 4.69) is 9.97 Å². The summed E-state index contributed by atoms with van der Waals surface area (Å²) in [6.45, 7) is 4.11. The number of benzene rings is 2. The van der Waals surface area contributed by atoms with Crippen molar-refractivity contribution in [3.05, 3.63) is 71.4 Å². The quantitative estimate of drug-likeness (QED) is 0.367. The van der Waals surface area contributed by atoms with E-state index < -0.39 is 6.04 Å². The van der Waals surface area contributed by atoms with E-state index in [4.69, 9.17) is 23.9 Å². The molecular formula is C27H24FN5O5. The van der Waals surface area contributed by atoms with Gasteiger partial charge in [0, 0.05) is 24.0 Å². The predicted octanol–water partition coefficient (Wildman–Crippen LogP) is 4.56. The highest BCUT2D eigenvalue weighted by atomic mass is 19.1. The van der Waals surface area contributed by atoms with Gasteiger partial charge in [0.1, 0.15) is 17.7 Å². The summed E-state index contributed by atoms with van der Waals surface area (Å²) in [4.78, 5) is 29.0. The van der Waals surface area contributed by atoms with E-state index in [0.29, 0.717) is 34.3 Å². The molecule has 4 heterocycles. The van der Waals surface area contributed by atoms with E-state index in [1.807, 2.05) is 18.4 Å². The number of ether oxygens (including phenoxy) is 4. The molecule has 0 bridgehead atoms. The number of nitrogens with zero attached hydrogens (tertiary/aromatic N) is 5. The van der Waals surface area contributed by atoms with E-state index in [9.17, 15) is 9.18 Å². The van der Waals surface area contributed by atoms with Crippen LogP contribution >= 0.6 is 0 Å². The number of fused-ring (bicyclic) bond motifs is 2. The van der Waals surface area contributed by atoms with Gasteiger partial charge < -0.3 is 23.5 Å². The molecule has 2 aromatic heterocycles. The average molecular weight is 518 g/mol. The van der Waals surface area contributed by atoms with Crippen LogP contribution < -0.4 is 23.8 Å². The number of amides is 1. The Kier molecular flexibility index (Phi) is 5.63. The minimum Gasteiger partial charge on any atom is -0.480 e. The standard InChI is InChI=1S/C27H24FN5O5/c1-14(2)32-23-21(30-24(32)18-12-29-27(36-4)31-25(18)35-3)26(34)33(22(23)15-5-7-16(28)8-6-15)17-9-10-19-20(11-17)38-13-37-19/h5-12,14,22H,13H2,1-4H3/t22-/m1/s1. The summed E-state index contributed by atoms with van der Waals surface area (Å²) < 4.78 is 37.6. The van der Waals surface area contributed by atoms with Crippen LogP contribution in [0.2, 0.25) is 0 Å². The first-order valence-electron chi connectivity index (χ1n) is 12.0. The van der Waals surface area contributed by atoms with Crippen LogP contribution in [0.25, 0.3) is 11.4 Å². The van der Waals surface area contributed by atoms with Gasteiger partial charge in [-0.1, -0.05) is 12.1 Å². The Hall–Kier alpha value is -4.67. The molecule has 10 nitrogen and oxygen atoms in total. The van der Waals surface area contributed by atoms with Gasteiger partial charge >= 0.3 is 6.01 Å². The largest absolute Gasteiger partial charge is 0.480 e. The van der Waals surface area contributed by atoms with Crippen LogP contribution in [0, 0.1) is 5.82 Å². The van der Waals surface area contributed by atoms with Gasteiger partial charge in [0.25, 0.3) is 5.91 Å². The summed E-state index contributed by atoms with van der Waals surface area (Å²) in [5.74, 6) is 1.23. The van der Waals surface area contributed by atoms with Gasteiger partial charge in [-0.05, 0) is 43.7 Å². The van der Waals surface area contributed by atoms with Crippen molar-refractivity contribution in [3.63, 3.8) is 0 Å². The van der Waals surface area contributed by atoms with Crippen molar-refractivity contribution < 1.29 is 28.1 Å². The lowest BCUT2D eigenvalue weighted by Crippen LogP contribution is -2.30. The SMILES string of the molecule is COc1ncc(-c2nc3c(n2C(C)C)[C@@H](c2ccc(F)cc2)N(c2ccc4c(c2)OCO4)C3=O)c(OC)n1. The van der Waals surface area contributed by atoms with Crippen molar-refractivity contribution in [2.24, 2.45) is 0 Å². The number of halogens is 1. The molecule has 11 heteroatoms. The number of aromatic nitrogens is 4. The summed E-state index contributed by atoms with van der Waals surface area (Å²) in [6.07, 6.45) is 1.56. The molecule has 0 aliphatic carbocycles. The third kappa shape index (κ3) is 3.61. The van der Waals surface area contributed by atoms with Crippen LogP contribution in [0.4, 0.5) is 10.1 Å². The Morgan fingerprint density at radius 3 is 2.50 bits per heavy atom. The van der Waals surface area contributed by atoms with Crippen LogP contribution in [0.1, 0.15) is 47.7 Å². The lowest BCUT2D eigenvalue weighted by atomic mass is 10.0. The summed E-state index contributed by atoms with van der Waals surface area (Å²) in [7, 11) is 2.96. The summed E-state index contributed by atoms with van der Waals surface area (Å²) in [6, 6.07) is 10.9. The number of anilines is 1. The lowest BCUT2D eigenvalue weighted by Gasteiger charge is -2.28. The maximum Gasteiger partial charge on any atom is 0.319 e. The molecule has 0 saturated carbocycles. The van der Waals surface area contributed by atoms with Crippen molar-refractivity contribution >= 4 is 11.6 Å². The van der Waals surface area contributed by atoms with Crippen LogP contribution in [-0.4, -0.2) is 46.4 Å². The Labute approximate surface area is 217 Å². The highest BCUT2D eigenvalue weighted by Gasteiger charge is 2.45. The Balaban J connectivity index is 1.57. The molecule has 0 saturated heterocycles. The van der Waals surface area contributed by atoms with Gasteiger partial charge in [0.2, 0.25) is 12.7 Å². The van der Waals surface area contributed by atoms with Crippen molar-refractivity contribution in [1.29, 1.82) is 0 Å². The number of hydrogen-bond donors (Lipinski definition) is 0. The first-order chi connectivity index (χ1) is 18.4. The third-order valence-electron chi connectivity index (χ3n) is 6.57. The van der Waals surface area contributed by atoms with Crippen LogP contribution in [0.15, 0.2) is 48.7 Å². The molecule has 38 heavy (non-hydrogen) atoms. The normalized spacial score (nSPS) is 15.8. The number of methoxy groups -OCH3 is 2. The summed E-state index contributed by atoms with van der Waals surface area (Å²) in [5, 5.41) is 0. The van der Waals surface area contributed by atoms with Gasteiger partial charge in [-0.25, -0.2) is 14.4 Å². The van der Waals surface area contributed by atoms with Crippen molar-refractivity contribution in [2.45, 2.75) is 25.9 Å². The molecule has 2 aromatic carbocycles. The smallest absolute Gasteiger partial charge is 0.319 e. The molecule has 1 amide bonds. The molecule has 0 unspecified atom stereocenters. The fourth-order valence-corrected chi connectivity index (χ4v) is 4.94. The van der Waals surface area contributed by atoms with E-state index in [-0.39, 0.29) is 42.1 Å². The first kappa shape index (κ1) is 23.7. The minimum absolute atomic E-state index is 0.111. The Morgan fingerprint density at radius 1 is 1.03 bits per heavy atom. The van der Waals surface area contributed by atoms with Gasteiger partial charge in [0.05, 0.1) is 25.5 Å². The minimum atomic E-state index is -0.590. The molecule has 0 spiro atoms. The zero-order valence-corrected chi connectivity index (χ0v) is 21.1. The fourth-order valence-electron chi connectivity index (χ4n) is 4.94. The van der Waals surface area contributed by atoms with Crippen LogP contribution in [0.5, 0.6) is 23.4 Å². The molecule has 194 valence electrons.